The van der Waals surface area contributed by atoms with Crippen LogP contribution in [0, 0.1) is 12.8 Å². The van der Waals surface area contributed by atoms with Gasteiger partial charge >= 0.3 is 6.18 Å². The van der Waals surface area contributed by atoms with Crippen LogP contribution in [0.4, 0.5) is 19.0 Å². The molecule has 0 saturated carbocycles. The van der Waals surface area contributed by atoms with E-state index in [4.69, 9.17) is 0 Å². The number of hydrogen-bond donors (Lipinski definition) is 2. The van der Waals surface area contributed by atoms with Gasteiger partial charge in [0.2, 0.25) is 15.9 Å². The summed E-state index contributed by atoms with van der Waals surface area (Å²) in [5.74, 6) is -0.875. The van der Waals surface area contributed by atoms with Gasteiger partial charge in [-0.15, -0.1) is 0 Å². The highest BCUT2D eigenvalue weighted by Gasteiger charge is 2.34. The minimum absolute atomic E-state index is 0.0759. The molecule has 1 fully saturated rings. The molecule has 1 aromatic carbocycles. The van der Waals surface area contributed by atoms with Crippen molar-refractivity contribution in [3.05, 3.63) is 53.7 Å². The summed E-state index contributed by atoms with van der Waals surface area (Å²) in [5.41, 5.74) is 0.0972. The van der Waals surface area contributed by atoms with Gasteiger partial charge in [-0.1, -0.05) is 17.7 Å². The number of carbonyl (C=O) groups is 1. The van der Waals surface area contributed by atoms with Crippen LogP contribution in [0.2, 0.25) is 0 Å². The second kappa shape index (κ2) is 9.86. The number of rotatable bonds is 7. The fourth-order valence-corrected chi connectivity index (χ4v) is 4.97. The molecule has 2 N–H and O–H groups in total. The molecule has 174 valence electrons. The van der Waals surface area contributed by atoms with Crippen LogP contribution in [-0.4, -0.2) is 49.8 Å². The molecule has 7 nitrogen and oxygen atoms in total. The average molecular weight is 471 g/mol. The molecule has 1 saturated heterocycles. The zero-order chi connectivity index (χ0) is 23.4. The second-order valence-corrected chi connectivity index (χ2v) is 9.54. The van der Waals surface area contributed by atoms with Gasteiger partial charge in [-0.3, -0.25) is 4.79 Å². The predicted octanol–water partition coefficient (Wildman–Crippen LogP) is 3.04. The van der Waals surface area contributed by atoms with Gasteiger partial charge in [-0.05, 0) is 44.0 Å². The molecule has 1 aliphatic rings. The van der Waals surface area contributed by atoms with Crippen molar-refractivity contribution in [2.45, 2.75) is 30.8 Å². The van der Waals surface area contributed by atoms with Crippen LogP contribution in [0.15, 0.2) is 47.5 Å². The molecule has 1 amide bonds. The first kappa shape index (κ1) is 24.0. The van der Waals surface area contributed by atoms with Gasteiger partial charge < -0.3 is 10.6 Å². The number of aryl methyl sites for hydroxylation is 1. The van der Waals surface area contributed by atoms with Crippen LogP contribution in [0.1, 0.15) is 24.0 Å². The highest BCUT2D eigenvalue weighted by molar-refractivity contribution is 7.89. The topological polar surface area (TPSA) is 91.4 Å². The fourth-order valence-electron chi connectivity index (χ4n) is 3.50. The fraction of sp³-hybridized carbons (Fsp3) is 0.429. The lowest BCUT2D eigenvalue weighted by molar-refractivity contribution is -0.137. The molecule has 32 heavy (non-hydrogen) atoms. The number of benzene rings is 1. The molecule has 1 aliphatic heterocycles. The smallest absolute Gasteiger partial charge is 0.368 e. The molecule has 1 aromatic heterocycles. The van der Waals surface area contributed by atoms with E-state index >= 15 is 0 Å². The summed E-state index contributed by atoms with van der Waals surface area (Å²) in [6.45, 7) is 2.54. The predicted molar refractivity (Wildman–Crippen MR) is 113 cm³/mol. The van der Waals surface area contributed by atoms with E-state index in [1.807, 2.05) is 6.92 Å². The Morgan fingerprint density at radius 1 is 1.12 bits per heavy atom. The molecule has 2 aromatic rings. The first-order chi connectivity index (χ1) is 15.1. The highest BCUT2D eigenvalue weighted by Crippen LogP contribution is 2.33. The quantitative estimate of drug-likeness (QED) is 0.607. The van der Waals surface area contributed by atoms with Crippen molar-refractivity contribution in [1.82, 2.24) is 14.6 Å². The van der Waals surface area contributed by atoms with Crippen molar-refractivity contribution in [2.75, 3.05) is 31.5 Å². The number of hydrogen-bond acceptors (Lipinski definition) is 5. The molecular weight excluding hydrogens is 445 g/mol. The molecule has 0 aliphatic carbocycles. The van der Waals surface area contributed by atoms with Crippen LogP contribution in [-0.2, 0) is 21.0 Å². The Morgan fingerprint density at radius 3 is 2.41 bits per heavy atom. The van der Waals surface area contributed by atoms with Crippen LogP contribution < -0.4 is 10.6 Å². The van der Waals surface area contributed by atoms with Crippen LogP contribution in [0.3, 0.4) is 0 Å². The summed E-state index contributed by atoms with van der Waals surface area (Å²) in [6, 6.07) is 8.77. The Labute approximate surface area is 185 Å². The lowest BCUT2D eigenvalue weighted by Gasteiger charge is -2.30. The van der Waals surface area contributed by atoms with Gasteiger partial charge in [0, 0.05) is 38.3 Å². The van der Waals surface area contributed by atoms with Gasteiger partial charge in [0.25, 0.3) is 0 Å². The maximum atomic E-state index is 13.0. The number of aromatic nitrogens is 1. The summed E-state index contributed by atoms with van der Waals surface area (Å²) < 4.78 is 65.8. The van der Waals surface area contributed by atoms with E-state index in [1.54, 1.807) is 24.3 Å². The number of pyridine rings is 1. The van der Waals surface area contributed by atoms with Crippen LogP contribution in [0.25, 0.3) is 0 Å². The Morgan fingerprint density at radius 2 is 1.78 bits per heavy atom. The molecule has 0 unspecified atom stereocenters. The van der Waals surface area contributed by atoms with E-state index < -0.39 is 21.8 Å². The summed E-state index contributed by atoms with van der Waals surface area (Å²) in [7, 11) is -3.60. The first-order valence-electron chi connectivity index (χ1n) is 10.2. The Balaban J connectivity index is 1.46. The summed E-state index contributed by atoms with van der Waals surface area (Å²) in [5, 5.41) is 5.29. The molecular formula is C21H25F3N4O3S. The number of amides is 1. The van der Waals surface area contributed by atoms with Gasteiger partial charge in [0.15, 0.2) is 0 Å². The summed E-state index contributed by atoms with van der Waals surface area (Å²) in [4.78, 5) is 16.3. The van der Waals surface area contributed by atoms with Crippen molar-refractivity contribution in [3.8, 4) is 0 Å². The highest BCUT2D eigenvalue weighted by atomic mass is 32.2. The molecule has 0 spiro atoms. The van der Waals surface area contributed by atoms with Crippen molar-refractivity contribution >= 4 is 21.7 Å². The molecule has 0 bridgehead atoms. The number of nitrogens with zero attached hydrogens (tertiary/aromatic N) is 2. The number of sulfonamides is 1. The third-order valence-electron chi connectivity index (χ3n) is 5.31. The molecule has 11 heteroatoms. The lowest BCUT2D eigenvalue weighted by Crippen LogP contribution is -2.43. The molecule has 3 rings (SSSR count). The lowest BCUT2D eigenvalue weighted by atomic mass is 9.97. The van der Waals surface area contributed by atoms with E-state index in [-0.39, 0.29) is 48.7 Å². The van der Waals surface area contributed by atoms with Crippen molar-refractivity contribution in [1.29, 1.82) is 0 Å². The number of carbonyl (C=O) groups excluding carboxylic acids is 1. The van der Waals surface area contributed by atoms with Crippen molar-refractivity contribution in [2.24, 2.45) is 5.92 Å². The van der Waals surface area contributed by atoms with Crippen LogP contribution in [0.5, 0.6) is 0 Å². The number of anilines is 1. The normalized spacial score (nSPS) is 16.0. The summed E-state index contributed by atoms with van der Waals surface area (Å²) in [6.07, 6.45) is -2.51. The Bertz CT molecular complexity index is 1040. The van der Waals surface area contributed by atoms with E-state index in [1.165, 1.54) is 16.6 Å². The minimum Gasteiger partial charge on any atom is -0.368 e. The first-order valence-corrected chi connectivity index (χ1v) is 11.6. The Kier molecular flexibility index (Phi) is 7.40. The van der Waals surface area contributed by atoms with Gasteiger partial charge in [-0.2, -0.15) is 17.5 Å². The Hall–Kier alpha value is -2.66. The number of nitrogens with one attached hydrogen (secondary N) is 2. The molecule has 0 atom stereocenters. The van der Waals surface area contributed by atoms with E-state index in [2.05, 4.69) is 15.6 Å². The third kappa shape index (κ3) is 5.77. The van der Waals surface area contributed by atoms with Gasteiger partial charge in [0.05, 0.1) is 10.5 Å². The maximum absolute atomic E-state index is 13.0. The minimum atomic E-state index is -4.52. The largest absolute Gasteiger partial charge is 0.419 e. The third-order valence-corrected chi connectivity index (χ3v) is 7.23. The zero-order valence-corrected chi connectivity index (χ0v) is 18.3. The average Bonchev–Trinajstić information content (AvgIpc) is 2.76. The monoisotopic (exact) mass is 470 g/mol. The van der Waals surface area contributed by atoms with Crippen LogP contribution >= 0.6 is 0 Å². The van der Waals surface area contributed by atoms with E-state index in [0.717, 1.165) is 11.6 Å². The van der Waals surface area contributed by atoms with Crippen molar-refractivity contribution in [3.63, 3.8) is 0 Å². The summed E-state index contributed by atoms with van der Waals surface area (Å²) >= 11 is 0. The SMILES string of the molecule is Cc1ccc(S(=O)(=O)N2CCC(C(=O)NCCNc3ncccc3C(F)(F)F)CC2)cc1. The van der Waals surface area contributed by atoms with Gasteiger partial charge in [-0.25, -0.2) is 13.4 Å². The maximum Gasteiger partial charge on any atom is 0.419 e. The number of halogens is 3. The second-order valence-electron chi connectivity index (χ2n) is 7.61. The molecule has 2 heterocycles. The van der Waals surface area contributed by atoms with E-state index in [9.17, 15) is 26.4 Å². The number of alkyl halides is 3. The zero-order valence-electron chi connectivity index (χ0n) is 17.5. The van der Waals surface area contributed by atoms with E-state index in [0.29, 0.717) is 12.8 Å². The van der Waals surface area contributed by atoms with Gasteiger partial charge in [0.1, 0.15) is 5.82 Å². The van der Waals surface area contributed by atoms with Crippen molar-refractivity contribution < 1.29 is 26.4 Å². The molecule has 0 radical (unpaired) electrons. The standard InChI is InChI=1S/C21H25F3N4O3S/c1-15-4-6-17(7-5-15)32(30,31)28-13-8-16(9-14-28)20(29)27-12-11-26-19-18(21(22,23)24)3-2-10-25-19/h2-7,10,16H,8-9,11-14H2,1H3,(H,25,26)(H,27,29). The number of piperidine rings is 1.